The summed E-state index contributed by atoms with van der Waals surface area (Å²) >= 11 is 0. The van der Waals surface area contributed by atoms with E-state index in [-0.39, 0.29) is 6.04 Å². The van der Waals surface area contributed by atoms with Crippen LogP contribution in [0, 0.1) is 5.92 Å². The number of rotatable bonds is 6. The molecule has 2 aromatic heterocycles. The van der Waals surface area contributed by atoms with Gasteiger partial charge < -0.3 is 14.6 Å². The first-order valence-corrected chi connectivity index (χ1v) is 9.62. The molecular formula is C22H27N3O. The van der Waals surface area contributed by atoms with Gasteiger partial charge in [0.25, 0.3) is 0 Å². The van der Waals surface area contributed by atoms with Crippen molar-refractivity contribution in [3.63, 3.8) is 0 Å². The SMILES string of the molecule is CC(C)[C@H](NCc1ccnc(N2CCCC2)c1)c1cc2ccccc2o1. The van der Waals surface area contributed by atoms with Crippen LogP contribution < -0.4 is 10.2 Å². The highest BCUT2D eigenvalue weighted by atomic mass is 16.3. The van der Waals surface area contributed by atoms with Crippen molar-refractivity contribution < 1.29 is 4.42 Å². The van der Waals surface area contributed by atoms with Gasteiger partial charge >= 0.3 is 0 Å². The van der Waals surface area contributed by atoms with Gasteiger partial charge in [0.15, 0.2) is 0 Å². The van der Waals surface area contributed by atoms with Crippen LogP contribution in [-0.2, 0) is 6.54 Å². The van der Waals surface area contributed by atoms with Gasteiger partial charge in [-0.1, -0.05) is 32.0 Å². The summed E-state index contributed by atoms with van der Waals surface area (Å²) in [6, 6.07) is 14.9. The van der Waals surface area contributed by atoms with Crippen LogP contribution in [-0.4, -0.2) is 18.1 Å². The highest BCUT2D eigenvalue weighted by Crippen LogP contribution is 2.28. The average Bonchev–Trinajstić information content (AvgIpc) is 3.31. The van der Waals surface area contributed by atoms with Crippen molar-refractivity contribution in [2.24, 2.45) is 5.92 Å². The Balaban J connectivity index is 1.49. The van der Waals surface area contributed by atoms with Crippen molar-refractivity contribution in [2.45, 2.75) is 39.3 Å². The normalized spacial score (nSPS) is 15.9. The van der Waals surface area contributed by atoms with Crippen LogP contribution in [0.2, 0.25) is 0 Å². The van der Waals surface area contributed by atoms with Crippen LogP contribution in [0.5, 0.6) is 0 Å². The van der Waals surface area contributed by atoms with Gasteiger partial charge in [-0.15, -0.1) is 0 Å². The molecule has 0 saturated carbocycles. The highest BCUT2D eigenvalue weighted by molar-refractivity contribution is 5.77. The molecule has 1 N–H and O–H groups in total. The minimum atomic E-state index is 0.186. The number of anilines is 1. The second-order valence-corrected chi connectivity index (χ2v) is 7.51. The minimum Gasteiger partial charge on any atom is -0.459 e. The number of pyridine rings is 1. The maximum absolute atomic E-state index is 6.10. The van der Waals surface area contributed by atoms with Gasteiger partial charge in [0.05, 0.1) is 6.04 Å². The van der Waals surface area contributed by atoms with Crippen LogP contribution in [0.15, 0.2) is 53.1 Å². The Morgan fingerprint density at radius 2 is 1.92 bits per heavy atom. The molecule has 0 aliphatic carbocycles. The molecule has 1 aliphatic heterocycles. The molecule has 1 saturated heterocycles. The Bertz CT molecular complexity index is 831. The van der Waals surface area contributed by atoms with Crippen LogP contribution in [0.25, 0.3) is 11.0 Å². The number of nitrogens with zero attached hydrogens (tertiary/aromatic N) is 2. The first-order chi connectivity index (χ1) is 12.7. The number of hydrogen-bond donors (Lipinski definition) is 1. The third kappa shape index (κ3) is 3.61. The molecule has 4 nitrogen and oxygen atoms in total. The van der Waals surface area contributed by atoms with Crippen molar-refractivity contribution in [3.8, 4) is 0 Å². The number of aromatic nitrogens is 1. The zero-order valence-electron chi connectivity index (χ0n) is 15.6. The summed E-state index contributed by atoms with van der Waals surface area (Å²) in [6.07, 6.45) is 4.47. The Labute approximate surface area is 155 Å². The number of fused-ring (bicyclic) bond motifs is 1. The molecule has 0 bridgehead atoms. The Morgan fingerprint density at radius 1 is 1.12 bits per heavy atom. The predicted molar refractivity (Wildman–Crippen MR) is 106 cm³/mol. The molecule has 1 atom stereocenters. The summed E-state index contributed by atoms with van der Waals surface area (Å²) in [5, 5.41) is 4.85. The van der Waals surface area contributed by atoms with Gasteiger partial charge in [0, 0.05) is 31.2 Å². The third-order valence-corrected chi connectivity index (χ3v) is 5.18. The lowest BCUT2D eigenvalue weighted by atomic mass is 10.0. The highest BCUT2D eigenvalue weighted by Gasteiger charge is 2.20. The fourth-order valence-corrected chi connectivity index (χ4v) is 3.74. The lowest BCUT2D eigenvalue weighted by Crippen LogP contribution is -2.25. The molecule has 1 fully saturated rings. The zero-order valence-corrected chi connectivity index (χ0v) is 15.6. The first-order valence-electron chi connectivity index (χ1n) is 9.62. The van der Waals surface area contributed by atoms with Crippen LogP contribution in [0.4, 0.5) is 5.82 Å². The number of nitrogens with one attached hydrogen (secondary N) is 1. The van der Waals surface area contributed by atoms with Crippen LogP contribution >= 0.6 is 0 Å². The van der Waals surface area contributed by atoms with E-state index in [2.05, 4.69) is 59.4 Å². The summed E-state index contributed by atoms with van der Waals surface area (Å²) < 4.78 is 6.10. The largest absolute Gasteiger partial charge is 0.459 e. The van der Waals surface area contributed by atoms with Gasteiger partial charge in [-0.2, -0.15) is 0 Å². The van der Waals surface area contributed by atoms with E-state index in [1.807, 2.05) is 18.3 Å². The number of hydrogen-bond acceptors (Lipinski definition) is 4. The van der Waals surface area contributed by atoms with E-state index >= 15 is 0 Å². The summed E-state index contributed by atoms with van der Waals surface area (Å²) in [5.74, 6) is 2.55. The van der Waals surface area contributed by atoms with E-state index in [0.717, 1.165) is 42.2 Å². The summed E-state index contributed by atoms with van der Waals surface area (Å²) in [7, 11) is 0. The smallest absolute Gasteiger partial charge is 0.134 e. The van der Waals surface area contributed by atoms with E-state index in [0.29, 0.717) is 5.92 Å². The number of benzene rings is 1. The number of para-hydroxylation sites is 1. The molecule has 0 unspecified atom stereocenters. The van der Waals surface area contributed by atoms with Gasteiger partial charge in [0.2, 0.25) is 0 Å². The molecule has 0 amide bonds. The predicted octanol–water partition coefficient (Wildman–Crippen LogP) is 4.91. The zero-order chi connectivity index (χ0) is 17.9. The molecule has 4 rings (SSSR count). The van der Waals surface area contributed by atoms with Crippen molar-refractivity contribution in [3.05, 3.63) is 60.0 Å². The van der Waals surface area contributed by atoms with Crippen molar-refractivity contribution in [2.75, 3.05) is 18.0 Å². The molecule has 0 radical (unpaired) electrons. The standard InChI is InChI=1S/C22H27N3O/c1-16(2)22(20-14-18-7-3-4-8-19(18)26-20)24-15-17-9-10-23-21(13-17)25-11-5-6-12-25/h3-4,7-10,13-14,16,22,24H,5-6,11-12,15H2,1-2H3/t22-/m0/s1. The van der Waals surface area contributed by atoms with Gasteiger partial charge in [0.1, 0.15) is 17.2 Å². The van der Waals surface area contributed by atoms with Crippen LogP contribution in [0.3, 0.4) is 0 Å². The lowest BCUT2D eigenvalue weighted by molar-refractivity contribution is 0.349. The second kappa shape index (κ2) is 7.50. The Hall–Kier alpha value is -2.33. The summed E-state index contributed by atoms with van der Waals surface area (Å²) in [4.78, 5) is 6.93. The maximum Gasteiger partial charge on any atom is 0.134 e. The van der Waals surface area contributed by atoms with E-state index < -0.39 is 0 Å². The van der Waals surface area contributed by atoms with Crippen molar-refractivity contribution in [1.29, 1.82) is 0 Å². The Kier molecular flexibility index (Phi) is 4.93. The third-order valence-electron chi connectivity index (χ3n) is 5.18. The molecule has 3 aromatic rings. The molecule has 26 heavy (non-hydrogen) atoms. The van der Waals surface area contributed by atoms with Gasteiger partial charge in [-0.3, -0.25) is 0 Å². The lowest BCUT2D eigenvalue weighted by Gasteiger charge is -2.21. The second-order valence-electron chi connectivity index (χ2n) is 7.51. The van der Waals surface area contributed by atoms with Gasteiger partial charge in [-0.05, 0) is 48.6 Å². The molecule has 1 aromatic carbocycles. The topological polar surface area (TPSA) is 41.3 Å². The maximum atomic E-state index is 6.10. The van der Waals surface area contributed by atoms with E-state index in [1.54, 1.807) is 0 Å². The molecule has 1 aliphatic rings. The molecule has 0 spiro atoms. The monoisotopic (exact) mass is 349 g/mol. The fourth-order valence-electron chi connectivity index (χ4n) is 3.74. The quantitative estimate of drug-likeness (QED) is 0.686. The molecule has 4 heteroatoms. The minimum absolute atomic E-state index is 0.186. The number of furan rings is 1. The average molecular weight is 349 g/mol. The molecule has 136 valence electrons. The molecule has 3 heterocycles. The van der Waals surface area contributed by atoms with E-state index in [4.69, 9.17) is 4.42 Å². The first kappa shape index (κ1) is 17.1. The fraction of sp³-hybridized carbons (Fsp3) is 0.409. The van der Waals surface area contributed by atoms with Crippen LogP contribution in [0.1, 0.15) is 44.1 Å². The van der Waals surface area contributed by atoms with Gasteiger partial charge in [-0.25, -0.2) is 4.98 Å². The summed E-state index contributed by atoms with van der Waals surface area (Å²) in [6.45, 7) is 7.51. The van der Waals surface area contributed by atoms with Crippen molar-refractivity contribution >= 4 is 16.8 Å². The Morgan fingerprint density at radius 3 is 2.69 bits per heavy atom. The van der Waals surface area contributed by atoms with Crippen molar-refractivity contribution in [1.82, 2.24) is 10.3 Å². The van der Waals surface area contributed by atoms with E-state index in [1.165, 1.54) is 18.4 Å². The summed E-state index contributed by atoms with van der Waals surface area (Å²) in [5.41, 5.74) is 2.22. The molecular weight excluding hydrogens is 322 g/mol. The van der Waals surface area contributed by atoms with E-state index in [9.17, 15) is 0 Å².